The maximum atomic E-state index is 11.7. The van der Waals surface area contributed by atoms with E-state index in [1.807, 2.05) is 34.6 Å². The molecular weight excluding hydrogens is 246 g/mol. The molecule has 0 spiro atoms. The molecule has 0 aromatic rings. The molecule has 0 atom stereocenters. The Morgan fingerprint density at radius 2 is 1.58 bits per heavy atom. The fourth-order valence-corrected chi connectivity index (χ4v) is 1.79. The lowest BCUT2D eigenvalue weighted by atomic mass is 9.97. The number of rotatable bonds is 1. The van der Waals surface area contributed by atoms with Crippen LogP contribution in [0.2, 0.25) is 0 Å². The number of hydrogen-bond donors (Lipinski definition) is 0. The standard InChI is InChI=1S/C12H21NO4.C2H6/c1-12(2,3)17-11(15)13-7-5-9(6-8-13)10(14)16-4;1-2/h9H,5-8H2,1-4H3;1-2H3. The molecule has 5 nitrogen and oxygen atoms in total. The van der Waals surface area contributed by atoms with Crippen molar-refractivity contribution in [3.8, 4) is 0 Å². The van der Waals surface area contributed by atoms with Gasteiger partial charge in [0.15, 0.2) is 0 Å². The third kappa shape index (κ3) is 6.45. The highest BCUT2D eigenvalue weighted by Crippen LogP contribution is 2.20. The first-order valence-corrected chi connectivity index (χ1v) is 6.89. The van der Waals surface area contributed by atoms with E-state index in [1.54, 1.807) is 4.90 Å². The Hall–Kier alpha value is -1.26. The van der Waals surface area contributed by atoms with Crippen LogP contribution in [0, 0.1) is 5.92 Å². The van der Waals surface area contributed by atoms with E-state index < -0.39 is 5.60 Å². The molecule has 1 aliphatic rings. The molecule has 1 fully saturated rings. The number of likely N-dealkylation sites (tertiary alicyclic amines) is 1. The Kier molecular flexibility index (Phi) is 7.49. The summed E-state index contributed by atoms with van der Waals surface area (Å²) in [7, 11) is 1.39. The molecule has 0 aliphatic carbocycles. The van der Waals surface area contributed by atoms with Crippen molar-refractivity contribution in [2.45, 2.75) is 53.1 Å². The Morgan fingerprint density at radius 1 is 1.11 bits per heavy atom. The van der Waals surface area contributed by atoms with Crippen LogP contribution in [0.3, 0.4) is 0 Å². The monoisotopic (exact) mass is 273 g/mol. The quantitative estimate of drug-likeness (QED) is 0.689. The highest BCUT2D eigenvalue weighted by molar-refractivity contribution is 5.73. The lowest BCUT2D eigenvalue weighted by molar-refractivity contribution is -0.147. The van der Waals surface area contributed by atoms with Crippen LogP contribution in [0.15, 0.2) is 0 Å². The Balaban J connectivity index is 0.00000154. The van der Waals surface area contributed by atoms with Crippen molar-refractivity contribution in [2.24, 2.45) is 5.92 Å². The summed E-state index contributed by atoms with van der Waals surface area (Å²) in [6.45, 7) is 10.6. The van der Waals surface area contributed by atoms with Crippen LogP contribution in [0.25, 0.3) is 0 Å². The third-order valence-corrected chi connectivity index (χ3v) is 2.68. The van der Waals surface area contributed by atoms with Gasteiger partial charge in [-0.2, -0.15) is 0 Å². The number of methoxy groups -OCH3 is 1. The molecular formula is C14H27NO4. The summed E-state index contributed by atoms with van der Waals surface area (Å²) in [5.41, 5.74) is -0.476. The molecule has 5 heteroatoms. The first-order valence-electron chi connectivity index (χ1n) is 6.89. The minimum Gasteiger partial charge on any atom is -0.469 e. The van der Waals surface area contributed by atoms with E-state index in [4.69, 9.17) is 9.47 Å². The number of nitrogens with zero attached hydrogens (tertiary/aromatic N) is 1. The van der Waals surface area contributed by atoms with Crippen LogP contribution >= 0.6 is 0 Å². The van der Waals surface area contributed by atoms with Crippen LogP contribution < -0.4 is 0 Å². The summed E-state index contributed by atoms with van der Waals surface area (Å²) in [6.07, 6.45) is 0.985. The summed E-state index contributed by atoms with van der Waals surface area (Å²) in [6, 6.07) is 0. The number of hydrogen-bond acceptors (Lipinski definition) is 4. The van der Waals surface area contributed by atoms with Gasteiger partial charge in [0.1, 0.15) is 5.60 Å². The van der Waals surface area contributed by atoms with Crippen molar-refractivity contribution < 1.29 is 19.1 Å². The van der Waals surface area contributed by atoms with E-state index in [0.717, 1.165) is 0 Å². The van der Waals surface area contributed by atoms with Gasteiger partial charge < -0.3 is 14.4 Å². The predicted molar refractivity (Wildman–Crippen MR) is 73.9 cm³/mol. The van der Waals surface area contributed by atoms with Gasteiger partial charge in [0.25, 0.3) is 0 Å². The van der Waals surface area contributed by atoms with Crippen LogP contribution in [-0.4, -0.2) is 42.8 Å². The van der Waals surface area contributed by atoms with Crippen LogP contribution in [0.4, 0.5) is 4.79 Å². The Labute approximate surface area is 116 Å². The second kappa shape index (κ2) is 8.02. The van der Waals surface area contributed by atoms with Gasteiger partial charge >= 0.3 is 12.1 Å². The largest absolute Gasteiger partial charge is 0.469 e. The van der Waals surface area contributed by atoms with Gasteiger partial charge in [-0.3, -0.25) is 4.79 Å². The molecule has 0 N–H and O–H groups in total. The maximum absolute atomic E-state index is 11.7. The van der Waals surface area contributed by atoms with Gasteiger partial charge in [-0.25, -0.2) is 4.79 Å². The van der Waals surface area contributed by atoms with Crippen molar-refractivity contribution >= 4 is 12.1 Å². The van der Waals surface area contributed by atoms with Gasteiger partial charge in [0.2, 0.25) is 0 Å². The molecule has 1 heterocycles. The number of esters is 1. The molecule has 0 saturated carbocycles. The minimum atomic E-state index is -0.476. The highest BCUT2D eigenvalue weighted by atomic mass is 16.6. The molecule has 0 radical (unpaired) electrons. The van der Waals surface area contributed by atoms with Crippen molar-refractivity contribution in [3.63, 3.8) is 0 Å². The molecule has 1 saturated heterocycles. The van der Waals surface area contributed by atoms with E-state index in [0.29, 0.717) is 25.9 Å². The second-order valence-corrected chi connectivity index (χ2v) is 5.26. The number of piperidine rings is 1. The minimum absolute atomic E-state index is 0.0845. The molecule has 19 heavy (non-hydrogen) atoms. The fraction of sp³-hybridized carbons (Fsp3) is 0.857. The number of carbonyl (C=O) groups excluding carboxylic acids is 2. The summed E-state index contributed by atoms with van der Waals surface area (Å²) >= 11 is 0. The topological polar surface area (TPSA) is 55.8 Å². The zero-order valence-corrected chi connectivity index (χ0v) is 13.0. The van der Waals surface area contributed by atoms with Gasteiger partial charge in [-0.1, -0.05) is 13.8 Å². The van der Waals surface area contributed by atoms with E-state index in [-0.39, 0.29) is 18.0 Å². The molecule has 1 rings (SSSR count). The summed E-state index contributed by atoms with van der Waals surface area (Å²) in [5, 5.41) is 0. The maximum Gasteiger partial charge on any atom is 0.410 e. The van der Waals surface area contributed by atoms with Crippen molar-refractivity contribution in [2.75, 3.05) is 20.2 Å². The predicted octanol–water partition coefficient (Wildman–Crippen LogP) is 2.83. The Bertz CT molecular complexity index is 288. The SMILES string of the molecule is CC.COC(=O)C1CCN(C(=O)OC(C)(C)C)CC1. The average molecular weight is 273 g/mol. The average Bonchev–Trinajstić information content (AvgIpc) is 2.38. The van der Waals surface area contributed by atoms with Gasteiger partial charge in [0.05, 0.1) is 13.0 Å². The van der Waals surface area contributed by atoms with Crippen LogP contribution in [0.5, 0.6) is 0 Å². The van der Waals surface area contributed by atoms with Crippen LogP contribution in [0.1, 0.15) is 47.5 Å². The Morgan fingerprint density at radius 3 is 1.95 bits per heavy atom. The zero-order chi connectivity index (χ0) is 15.1. The first kappa shape index (κ1) is 17.7. The molecule has 1 amide bonds. The van der Waals surface area contributed by atoms with Gasteiger partial charge in [0, 0.05) is 13.1 Å². The smallest absolute Gasteiger partial charge is 0.410 e. The normalized spacial score (nSPS) is 16.2. The number of amides is 1. The van der Waals surface area contributed by atoms with Gasteiger partial charge in [-0.15, -0.1) is 0 Å². The van der Waals surface area contributed by atoms with Crippen LogP contribution in [-0.2, 0) is 14.3 Å². The van der Waals surface area contributed by atoms with Crippen molar-refractivity contribution in [1.29, 1.82) is 0 Å². The highest BCUT2D eigenvalue weighted by Gasteiger charge is 2.30. The van der Waals surface area contributed by atoms with E-state index in [2.05, 4.69) is 0 Å². The molecule has 112 valence electrons. The number of ether oxygens (including phenoxy) is 2. The van der Waals surface area contributed by atoms with E-state index >= 15 is 0 Å². The second-order valence-electron chi connectivity index (χ2n) is 5.26. The van der Waals surface area contributed by atoms with Crippen molar-refractivity contribution in [1.82, 2.24) is 4.90 Å². The molecule has 1 aliphatic heterocycles. The zero-order valence-electron chi connectivity index (χ0n) is 13.0. The third-order valence-electron chi connectivity index (χ3n) is 2.68. The molecule has 0 aromatic heterocycles. The molecule has 0 bridgehead atoms. The first-order chi connectivity index (χ1) is 8.83. The summed E-state index contributed by atoms with van der Waals surface area (Å²) in [5.74, 6) is -0.271. The van der Waals surface area contributed by atoms with E-state index in [1.165, 1.54) is 7.11 Å². The van der Waals surface area contributed by atoms with E-state index in [9.17, 15) is 9.59 Å². The summed E-state index contributed by atoms with van der Waals surface area (Å²) < 4.78 is 9.96. The number of carbonyl (C=O) groups is 2. The fourth-order valence-electron chi connectivity index (χ4n) is 1.79. The van der Waals surface area contributed by atoms with Crippen molar-refractivity contribution in [3.05, 3.63) is 0 Å². The molecule has 0 unspecified atom stereocenters. The summed E-state index contributed by atoms with van der Waals surface area (Å²) in [4.78, 5) is 24.7. The molecule has 0 aromatic carbocycles. The van der Waals surface area contributed by atoms with Gasteiger partial charge in [-0.05, 0) is 33.6 Å². The lowest BCUT2D eigenvalue weighted by Gasteiger charge is -2.32. The lowest BCUT2D eigenvalue weighted by Crippen LogP contribution is -2.43.